The minimum absolute atomic E-state index is 0.346. The molecule has 6 nitrogen and oxygen atoms in total. The summed E-state index contributed by atoms with van der Waals surface area (Å²) in [5.74, 6) is 1.05. The van der Waals surface area contributed by atoms with Gasteiger partial charge in [0.2, 0.25) is 5.76 Å². The second kappa shape index (κ2) is 6.10. The SMILES string of the molecule is COC1=C(N2CCOCC2)C(Cl)=C(OC)C(=[N+]=[N-])C1. The molecular formula is C12H16ClN3O3. The third-order valence-corrected chi connectivity index (χ3v) is 3.51. The van der Waals surface area contributed by atoms with E-state index in [1.807, 2.05) is 0 Å². The molecule has 0 amide bonds. The van der Waals surface area contributed by atoms with Crippen LogP contribution in [-0.2, 0) is 14.2 Å². The van der Waals surface area contributed by atoms with Crippen LogP contribution in [0.25, 0.3) is 5.53 Å². The third kappa shape index (κ3) is 2.61. The van der Waals surface area contributed by atoms with Crippen molar-refractivity contribution in [2.24, 2.45) is 0 Å². The van der Waals surface area contributed by atoms with Gasteiger partial charge in [-0.15, -0.1) is 0 Å². The summed E-state index contributed by atoms with van der Waals surface area (Å²) in [4.78, 5) is 5.32. The molecule has 2 rings (SSSR count). The smallest absolute Gasteiger partial charge is 0.342 e. The fraction of sp³-hybridized carbons (Fsp3) is 0.583. The highest BCUT2D eigenvalue weighted by atomic mass is 35.5. The van der Waals surface area contributed by atoms with Gasteiger partial charge in [0.1, 0.15) is 17.2 Å². The average molecular weight is 286 g/mol. The predicted octanol–water partition coefficient (Wildman–Crippen LogP) is 1.35. The molecule has 19 heavy (non-hydrogen) atoms. The lowest BCUT2D eigenvalue weighted by Gasteiger charge is -2.33. The highest BCUT2D eigenvalue weighted by Crippen LogP contribution is 2.34. The molecule has 7 heteroatoms. The maximum atomic E-state index is 9.02. The van der Waals surface area contributed by atoms with Gasteiger partial charge in [-0.3, -0.25) is 0 Å². The Morgan fingerprint density at radius 3 is 2.47 bits per heavy atom. The molecule has 0 radical (unpaired) electrons. The molecule has 104 valence electrons. The number of morpholine rings is 1. The summed E-state index contributed by atoms with van der Waals surface area (Å²) in [7, 11) is 3.07. The summed E-state index contributed by atoms with van der Waals surface area (Å²) in [6, 6.07) is 0. The number of hydrogen-bond donors (Lipinski definition) is 0. The molecule has 0 unspecified atom stereocenters. The van der Waals surface area contributed by atoms with E-state index >= 15 is 0 Å². The zero-order valence-corrected chi connectivity index (χ0v) is 11.7. The lowest BCUT2D eigenvalue weighted by Crippen LogP contribution is -2.38. The molecule has 0 N–H and O–H groups in total. The molecule has 0 spiro atoms. The molecule has 0 saturated carbocycles. The fourth-order valence-corrected chi connectivity index (χ4v) is 2.64. The first kappa shape index (κ1) is 13.9. The van der Waals surface area contributed by atoms with Crippen molar-refractivity contribution in [3.8, 4) is 0 Å². The highest BCUT2D eigenvalue weighted by Gasteiger charge is 2.35. The number of nitrogens with zero attached hydrogens (tertiary/aromatic N) is 3. The molecule has 1 aliphatic carbocycles. The number of allylic oxidation sites excluding steroid dienone is 3. The molecule has 0 aromatic rings. The van der Waals surface area contributed by atoms with Gasteiger partial charge in [0.15, 0.2) is 0 Å². The lowest BCUT2D eigenvalue weighted by molar-refractivity contribution is -0.0129. The van der Waals surface area contributed by atoms with Crippen molar-refractivity contribution in [1.29, 1.82) is 0 Å². The second-order valence-corrected chi connectivity index (χ2v) is 4.52. The van der Waals surface area contributed by atoms with Crippen molar-refractivity contribution in [2.45, 2.75) is 6.42 Å². The zero-order valence-electron chi connectivity index (χ0n) is 11.0. The normalized spacial score (nSPS) is 20.6. The highest BCUT2D eigenvalue weighted by molar-refractivity contribution is 6.34. The van der Waals surface area contributed by atoms with Crippen LogP contribution in [0.15, 0.2) is 22.2 Å². The molecular weight excluding hydrogens is 270 g/mol. The summed E-state index contributed by atoms with van der Waals surface area (Å²) < 4.78 is 15.9. The van der Waals surface area contributed by atoms with Crippen LogP contribution >= 0.6 is 11.6 Å². The maximum Gasteiger partial charge on any atom is 0.342 e. The van der Waals surface area contributed by atoms with Crippen molar-refractivity contribution in [3.63, 3.8) is 0 Å². The Morgan fingerprint density at radius 2 is 1.95 bits per heavy atom. The molecule has 1 heterocycles. The summed E-state index contributed by atoms with van der Waals surface area (Å²) >= 11 is 6.37. The van der Waals surface area contributed by atoms with E-state index in [1.54, 1.807) is 7.11 Å². The third-order valence-electron chi connectivity index (χ3n) is 3.16. The maximum absolute atomic E-state index is 9.02. The number of halogens is 1. The van der Waals surface area contributed by atoms with E-state index < -0.39 is 0 Å². The fourth-order valence-electron chi connectivity index (χ4n) is 2.23. The predicted molar refractivity (Wildman–Crippen MR) is 69.6 cm³/mol. The number of ether oxygens (including phenoxy) is 3. The molecule has 0 aromatic carbocycles. The van der Waals surface area contributed by atoms with E-state index in [2.05, 4.69) is 9.69 Å². The Kier molecular flexibility index (Phi) is 4.47. The van der Waals surface area contributed by atoms with E-state index in [0.717, 1.165) is 18.8 Å². The van der Waals surface area contributed by atoms with Gasteiger partial charge in [0, 0.05) is 13.1 Å². The molecule has 1 aliphatic heterocycles. The van der Waals surface area contributed by atoms with Crippen molar-refractivity contribution in [1.82, 2.24) is 4.90 Å². The number of rotatable bonds is 3. The Hall–Kier alpha value is -1.49. The quantitative estimate of drug-likeness (QED) is 0.580. The molecule has 2 aliphatic rings. The monoisotopic (exact) mass is 285 g/mol. The summed E-state index contributed by atoms with van der Waals surface area (Å²) in [6.45, 7) is 2.77. The van der Waals surface area contributed by atoms with Gasteiger partial charge in [-0.2, -0.15) is 4.79 Å². The van der Waals surface area contributed by atoms with Gasteiger partial charge in [-0.1, -0.05) is 11.6 Å². The van der Waals surface area contributed by atoms with Gasteiger partial charge in [-0.05, 0) is 0 Å². The van der Waals surface area contributed by atoms with Crippen LogP contribution in [0.4, 0.5) is 0 Å². The van der Waals surface area contributed by atoms with Crippen LogP contribution in [0.1, 0.15) is 6.42 Å². The molecule has 1 fully saturated rings. The van der Waals surface area contributed by atoms with Crippen LogP contribution < -0.4 is 0 Å². The second-order valence-electron chi connectivity index (χ2n) is 4.15. The zero-order chi connectivity index (χ0) is 13.8. The molecule has 0 atom stereocenters. The van der Waals surface area contributed by atoms with Crippen LogP contribution in [0, 0.1) is 0 Å². The van der Waals surface area contributed by atoms with Crippen molar-refractivity contribution in [3.05, 3.63) is 27.8 Å². The van der Waals surface area contributed by atoms with E-state index in [-0.39, 0.29) is 0 Å². The number of methoxy groups -OCH3 is 2. The van der Waals surface area contributed by atoms with E-state index in [1.165, 1.54) is 7.11 Å². The summed E-state index contributed by atoms with van der Waals surface area (Å²) in [5.41, 5.74) is 10.2. The number of hydrogen-bond acceptors (Lipinski definition) is 4. The van der Waals surface area contributed by atoms with Gasteiger partial charge in [0.05, 0.1) is 33.1 Å². The first-order valence-corrected chi connectivity index (χ1v) is 6.36. The first-order valence-electron chi connectivity index (χ1n) is 5.98. The van der Waals surface area contributed by atoms with E-state index in [9.17, 15) is 0 Å². The Balaban J connectivity index is 2.44. The van der Waals surface area contributed by atoms with Gasteiger partial charge >= 0.3 is 5.71 Å². The Labute approximate surface area is 116 Å². The summed E-state index contributed by atoms with van der Waals surface area (Å²) in [6.07, 6.45) is 0.346. The topological polar surface area (TPSA) is 67.3 Å². The van der Waals surface area contributed by atoms with Gasteiger partial charge < -0.3 is 24.6 Å². The average Bonchev–Trinajstić information content (AvgIpc) is 2.46. The van der Waals surface area contributed by atoms with Crippen LogP contribution in [0.2, 0.25) is 0 Å². The Bertz CT molecular complexity index is 475. The molecule has 0 aromatic heterocycles. The van der Waals surface area contributed by atoms with Crippen molar-refractivity contribution < 1.29 is 19.0 Å². The van der Waals surface area contributed by atoms with Crippen LogP contribution in [-0.4, -0.2) is 55.9 Å². The largest absolute Gasteiger partial charge is 0.498 e. The Morgan fingerprint density at radius 1 is 1.26 bits per heavy atom. The lowest BCUT2D eigenvalue weighted by atomic mass is 10.0. The van der Waals surface area contributed by atoms with Crippen molar-refractivity contribution in [2.75, 3.05) is 40.5 Å². The minimum atomic E-state index is 0.346. The van der Waals surface area contributed by atoms with Crippen molar-refractivity contribution >= 4 is 17.3 Å². The summed E-state index contributed by atoms with van der Waals surface area (Å²) in [5, 5.41) is 0.403. The first-order chi connectivity index (χ1) is 9.22. The van der Waals surface area contributed by atoms with E-state index in [4.69, 9.17) is 31.3 Å². The van der Waals surface area contributed by atoms with Crippen LogP contribution in [0.3, 0.4) is 0 Å². The van der Waals surface area contributed by atoms with Gasteiger partial charge in [-0.25, -0.2) is 0 Å². The molecule has 1 saturated heterocycles. The minimum Gasteiger partial charge on any atom is -0.498 e. The van der Waals surface area contributed by atoms with E-state index in [0.29, 0.717) is 41.9 Å². The van der Waals surface area contributed by atoms with Gasteiger partial charge in [0.25, 0.3) is 0 Å². The van der Waals surface area contributed by atoms with Crippen LogP contribution in [0.5, 0.6) is 0 Å². The standard InChI is InChI=1S/C12H16ClN3O3/c1-17-9-7-8(15-14)12(18-2)10(13)11(9)16-3-5-19-6-4-16/h3-7H2,1-2H3. The molecule has 0 bridgehead atoms.